The van der Waals surface area contributed by atoms with E-state index in [0.717, 1.165) is 50.9 Å². The number of ether oxygens (including phenoxy) is 2. The van der Waals surface area contributed by atoms with E-state index in [-0.39, 0.29) is 12.1 Å². The molecule has 156 valence electrons. The number of nitrogens with one attached hydrogen (secondary N) is 2. The maximum Gasteiger partial charge on any atom is 0.191 e. The Bertz CT molecular complexity index is 653. The molecule has 2 aliphatic rings. The molecule has 0 radical (unpaired) electrons. The van der Waals surface area contributed by atoms with Gasteiger partial charge >= 0.3 is 0 Å². The summed E-state index contributed by atoms with van der Waals surface area (Å²) in [5.74, 6) is -0.351. The monoisotopic (exact) mass is 396 g/mol. The zero-order valence-corrected chi connectivity index (χ0v) is 16.4. The van der Waals surface area contributed by atoms with Crippen LogP contribution in [0.1, 0.15) is 25.7 Å². The van der Waals surface area contributed by atoms with Gasteiger partial charge in [-0.1, -0.05) is 0 Å². The van der Waals surface area contributed by atoms with Crippen LogP contribution in [0.3, 0.4) is 0 Å². The van der Waals surface area contributed by atoms with E-state index in [1.807, 2.05) is 4.90 Å². The molecule has 6 nitrogen and oxygen atoms in total. The van der Waals surface area contributed by atoms with Crippen LogP contribution >= 0.6 is 0 Å². The van der Waals surface area contributed by atoms with E-state index < -0.39 is 11.6 Å². The van der Waals surface area contributed by atoms with Crippen molar-refractivity contribution in [3.05, 3.63) is 29.8 Å². The smallest absolute Gasteiger partial charge is 0.191 e. The van der Waals surface area contributed by atoms with Crippen molar-refractivity contribution in [2.45, 2.75) is 37.8 Å². The molecule has 0 amide bonds. The zero-order chi connectivity index (χ0) is 19.8. The van der Waals surface area contributed by atoms with E-state index in [1.165, 1.54) is 12.1 Å². The third-order valence-electron chi connectivity index (χ3n) is 5.09. The fourth-order valence-corrected chi connectivity index (χ4v) is 3.59. The highest BCUT2D eigenvalue weighted by molar-refractivity contribution is 5.80. The van der Waals surface area contributed by atoms with Gasteiger partial charge in [-0.2, -0.15) is 0 Å². The summed E-state index contributed by atoms with van der Waals surface area (Å²) in [5, 5.41) is 6.66. The summed E-state index contributed by atoms with van der Waals surface area (Å²) in [7, 11) is 1.73. The Hall–Kier alpha value is -1.93. The highest BCUT2D eigenvalue weighted by atomic mass is 19.1. The lowest BCUT2D eigenvalue weighted by atomic mass is 10.2. The van der Waals surface area contributed by atoms with Gasteiger partial charge in [-0.3, -0.25) is 4.99 Å². The molecule has 2 unspecified atom stereocenters. The largest absolute Gasteiger partial charge is 0.379 e. The summed E-state index contributed by atoms with van der Waals surface area (Å²) >= 11 is 0. The molecule has 0 saturated carbocycles. The number of halogens is 2. The Morgan fingerprint density at radius 2 is 2.25 bits per heavy atom. The molecule has 2 aliphatic heterocycles. The van der Waals surface area contributed by atoms with Crippen LogP contribution in [0.15, 0.2) is 23.2 Å². The SMILES string of the molecule is CN=C(NCCCOCC1CCCO1)NC1CCN(c2ccc(F)cc2F)C1. The first-order valence-corrected chi connectivity index (χ1v) is 10.0. The van der Waals surface area contributed by atoms with Gasteiger partial charge in [-0.25, -0.2) is 8.78 Å². The predicted molar refractivity (Wildman–Crippen MR) is 106 cm³/mol. The van der Waals surface area contributed by atoms with E-state index in [9.17, 15) is 8.78 Å². The maximum absolute atomic E-state index is 14.0. The molecule has 0 bridgehead atoms. The van der Waals surface area contributed by atoms with Gasteiger partial charge in [0.1, 0.15) is 11.6 Å². The lowest BCUT2D eigenvalue weighted by Crippen LogP contribution is -2.45. The third-order valence-corrected chi connectivity index (χ3v) is 5.09. The number of anilines is 1. The van der Waals surface area contributed by atoms with Crippen molar-refractivity contribution in [3.63, 3.8) is 0 Å². The molecular weight excluding hydrogens is 366 g/mol. The molecule has 0 aromatic heterocycles. The maximum atomic E-state index is 14.0. The number of benzene rings is 1. The average Bonchev–Trinajstić information content (AvgIpc) is 3.35. The van der Waals surface area contributed by atoms with Crippen LogP contribution in [-0.2, 0) is 9.47 Å². The highest BCUT2D eigenvalue weighted by Gasteiger charge is 2.25. The van der Waals surface area contributed by atoms with Crippen LogP contribution in [0.25, 0.3) is 0 Å². The van der Waals surface area contributed by atoms with Crippen LogP contribution in [0.4, 0.5) is 14.5 Å². The lowest BCUT2D eigenvalue weighted by molar-refractivity contribution is 0.0168. The van der Waals surface area contributed by atoms with Gasteiger partial charge in [0, 0.05) is 52.0 Å². The van der Waals surface area contributed by atoms with Crippen LogP contribution < -0.4 is 15.5 Å². The zero-order valence-electron chi connectivity index (χ0n) is 16.4. The summed E-state index contributed by atoms with van der Waals surface area (Å²) in [6.45, 7) is 4.33. The van der Waals surface area contributed by atoms with Gasteiger partial charge in [-0.05, 0) is 37.8 Å². The van der Waals surface area contributed by atoms with Crippen LogP contribution in [0.2, 0.25) is 0 Å². The molecule has 0 aliphatic carbocycles. The van der Waals surface area contributed by atoms with Crippen molar-refractivity contribution in [2.24, 2.45) is 4.99 Å². The Balaban J connectivity index is 1.33. The lowest BCUT2D eigenvalue weighted by Gasteiger charge is -2.21. The number of nitrogens with zero attached hydrogens (tertiary/aromatic N) is 2. The first kappa shape index (κ1) is 20.8. The Kier molecular flexibility index (Phi) is 7.85. The van der Waals surface area contributed by atoms with Gasteiger partial charge in [-0.15, -0.1) is 0 Å². The molecule has 1 aromatic carbocycles. The second-order valence-electron chi connectivity index (χ2n) is 7.23. The first-order chi connectivity index (χ1) is 13.7. The molecule has 8 heteroatoms. The molecule has 0 spiro atoms. The van der Waals surface area contributed by atoms with Gasteiger partial charge in [0.15, 0.2) is 5.96 Å². The van der Waals surface area contributed by atoms with Gasteiger partial charge in [0.25, 0.3) is 0 Å². The second kappa shape index (κ2) is 10.6. The van der Waals surface area contributed by atoms with Crippen LogP contribution in [0.5, 0.6) is 0 Å². The molecule has 2 N–H and O–H groups in total. The van der Waals surface area contributed by atoms with Gasteiger partial charge in [0.2, 0.25) is 0 Å². The van der Waals surface area contributed by atoms with Crippen molar-refractivity contribution in [1.29, 1.82) is 0 Å². The molecule has 2 fully saturated rings. The Morgan fingerprint density at radius 3 is 3.00 bits per heavy atom. The fraction of sp³-hybridized carbons (Fsp3) is 0.650. The second-order valence-corrected chi connectivity index (χ2v) is 7.23. The number of guanidine groups is 1. The highest BCUT2D eigenvalue weighted by Crippen LogP contribution is 2.24. The average molecular weight is 396 g/mol. The van der Waals surface area contributed by atoms with Crippen molar-refractivity contribution >= 4 is 11.6 Å². The number of hydrogen-bond acceptors (Lipinski definition) is 4. The normalized spacial score (nSPS) is 22.7. The van der Waals surface area contributed by atoms with E-state index in [4.69, 9.17) is 9.47 Å². The van der Waals surface area contributed by atoms with Crippen LogP contribution in [0, 0.1) is 11.6 Å². The summed E-state index contributed by atoms with van der Waals surface area (Å²) in [5.41, 5.74) is 0.442. The molecule has 2 saturated heterocycles. The number of aliphatic imine (C=N–C) groups is 1. The summed E-state index contributed by atoms with van der Waals surface area (Å²) in [4.78, 5) is 6.18. The van der Waals surface area contributed by atoms with Crippen molar-refractivity contribution < 1.29 is 18.3 Å². The topological polar surface area (TPSA) is 58.1 Å². The van der Waals surface area contributed by atoms with Gasteiger partial charge in [0.05, 0.1) is 18.4 Å². The van der Waals surface area contributed by atoms with E-state index >= 15 is 0 Å². The quantitative estimate of drug-likeness (QED) is 0.401. The van der Waals surface area contributed by atoms with Crippen LogP contribution in [-0.4, -0.2) is 64.6 Å². The Morgan fingerprint density at radius 1 is 1.36 bits per heavy atom. The summed E-state index contributed by atoms with van der Waals surface area (Å²) in [6.07, 6.45) is 4.23. The van der Waals surface area contributed by atoms with Crippen molar-refractivity contribution in [2.75, 3.05) is 51.4 Å². The fourth-order valence-electron chi connectivity index (χ4n) is 3.59. The standard InChI is InChI=1S/C20H30F2N4O2/c1-23-20(24-8-3-10-27-14-17-4-2-11-28-17)25-16-7-9-26(13-16)19-6-5-15(21)12-18(19)22/h5-6,12,16-17H,2-4,7-11,13-14H2,1H3,(H2,23,24,25). The minimum Gasteiger partial charge on any atom is -0.379 e. The minimum absolute atomic E-state index is 0.159. The number of rotatable bonds is 8. The molecule has 28 heavy (non-hydrogen) atoms. The summed E-state index contributed by atoms with van der Waals surface area (Å²) in [6, 6.07) is 3.88. The van der Waals surface area contributed by atoms with E-state index in [2.05, 4.69) is 15.6 Å². The Labute approximate surface area is 165 Å². The molecule has 1 aromatic rings. The third kappa shape index (κ3) is 6.04. The van der Waals surface area contributed by atoms with E-state index in [0.29, 0.717) is 32.0 Å². The van der Waals surface area contributed by atoms with E-state index in [1.54, 1.807) is 7.05 Å². The minimum atomic E-state index is -0.556. The predicted octanol–water partition coefficient (Wildman–Crippen LogP) is 2.29. The molecule has 2 heterocycles. The van der Waals surface area contributed by atoms with Crippen molar-refractivity contribution in [1.82, 2.24) is 10.6 Å². The van der Waals surface area contributed by atoms with Crippen molar-refractivity contribution in [3.8, 4) is 0 Å². The molecule has 3 rings (SSSR count). The summed E-state index contributed by atoms with van der Waals surface area (Å²) < 4.78 is 38.2. The van der Waals surface area contributed by atoms with Gasteiger partial charge < -0.3 is 25.0 Å². The molecule has 2 atom stereocenters. The number of hydrogen-bond donors (Lipinski definition) is 2. The first-order valence-electron chi connectivity index (χ1n) is 10.0. The molecular formula is C20H30F2N4O2.